The molecule has 5 heteroatoms. The number of rotatable bonds is 6. The summed E-state index contributed by atoms with van der Waals surface area (Å²) < 4.78 is 5.04. The molecule has 20 heavy (non-hydrogen) atoms. The molecule has 2 unspecified atom stereocenters. The van der Waals surface area contributed by atoms with Crippen molar-refractivity contribution in [1.29, 1.82) is 0 Å². The highest BCUT2D eigenvalue weighted by Gasteiger charge is 2.06. The number of aliphatic imine (C=N–C) groups is 1. The third-order valence-corrected chi connectivity index (χ3v) is 2.96. The average Bonchev–Trinajstić information content (AvgIpc) is 2.36. The minimum absolute atomic E-state index is 0. The van der Waals surface area contributed by atoms with Gasteiger partial charge in [0.15, 0.2) is 5.96 Å². The van der Waals surface area contributed by atoms with Gasteiger partial charge in [0, 0.05) is 25.6 Å². The van der Waals surface area contributed by atoms with Gasteiger partial charge in [0.05, 0.1) is 6.61 Å². The molecular formula is C15H26IN3O. The Morgan fingerprint density at radius 2 is 2.10 bits per heavy atom. The Morgan fingerprint density at radius 1 is 1.40 bits per heavy atom. The molecule has 0 aromatic heterocycles. The molecule has 1 aromatic rings. The molecule has 0 aliphatic heterocycles. The van der Waals surface area contributed by atoms with Gasteiger partial charge in [0.25, 0.3) is 0 Å². The molecule has 1 aromatic carbocycles. The third-order valence-electron chi connectivity index (χ3n) is 2.96. The smallest absolute Gasteiger partial charge is 0.188 e. The van der Waals surface area contributed by atoms with Crippen LogP contribution in [0.2, 0.25) is 0 Å². The predicted octanol–water partition coefficient (Wildman–Crippen LogP) is 2.66. The molecule has 0 saturated heterocycles. The van der Waals surface area contributed by atoms with Crippen molar-refractivity contribution < 1.29 is 4.74 Å². The molecule has 0 saturated carbocycles. The number of nitrogens with one attached hydrogen (secondary N) is 1. The molecular weight excluding hydrogens is 365 g/mol. The first-order valence-corrected chi connectivity index (χ1v) is 6.65. The summed E-state index contributed by atoms with van der Waals surface area (Å²) in [7, 11) is 1.67. The first-order chi connectivity index (χ1) is 9.02. The van der Waals surface area contributed by atoms with E-state index in [0.717, 1.165) is 0 Å². The second-order valence-electron chi connectivity index (χ2n) is 5.04. The third kappa shape index (κ3) is 7.09. The SMILES string of the molecule is COCC(C)NC(N)=NCC(C)c1cccc(C)c1.I. The molecule has 0 fully saturated rings. The number of ether oxygens (including phenoxy) is 1. The largest absolute Gasteiger partial charge is 0.383 e. The molecule has 0 aliphatic rings. The number of guanidine groups is 1. The molecule has 2 atom stereocenters. The summed E-state index contributed by atoms with van der Waals surface area (Å²) in [6.45, 7) is 7.56. The van der Waals surface area contributed by atoms with Gasteiger partial charge in [-0.2, -0.15) is 0 Å². The van der Waals surface area contributed by atoms with E-state index in [4.69, 9.17) is 10.5 Å². The number of halogens is 1. The van der Waals surface area contributed by atoms with Crippen molar-refractivity contribution >= 4 is 29.9 Å². The van der Waals surface area contributed by atoms with Gasteiger partial charge in [0.1, 0.15) is 0 Å². The fraction of sp³-hybridized carbons (Fsp3) is 0.533. The van der Waals surface area contributed by atoms with Gasteiger partial charge < -0.3 is 15.8 Å². The monoisotopic (exact) mass is 391 g/mol. The Hall–Kier alpha value is -0.820. The Balaban J connectivity index is 0.00000361. The van der Waals surface area contributed by atoms with E-state index in [1.807, 2.05) is 6.92 Å². The van der Waals surface area contributed by atoms with Crippen LogP contribution in [-0.2, 0) is 4.74 Å². The number of nitrogens with zero attached hydrogens (tertiary/aromatic N) is 1. The van der Waals surface area contributed by atoms with Crippen molar-refractivity contribution in [2.75, 3.05) is 20.3 Å². The lowest BCUT2D eigenvalue weighted by Gasteiger charge is -2.14. The van der Waals surface area contributed by atoms with E-state index in [1.165, 1.54) is 11.1 Å². The van der Waals surface area contributed by atoms with Crippen molar-refractivity contribution in [2.24, 2.45) is 10.7 Å². The number of benzene rings is 1. The number of aryl methyl sites for hydroxylation is 1. The van der Waals surface area contributed by atoms with E-state index in [0.29, 0.717) is 25.0 Å². The lowest BCUT2D eigenvalue weighted by molar-refractivity contribution is 0.179. The van der Waals surface area contributed by atoms with Crippen molar-refractivity contribution in [3.8, 4) is 0 Å². The fourth-order valence-corrected chi connectivity index (χ4v) is 1.91. The van der Waals surface area contributed by atoms with E-state index >= 15 is 0 Å². The lowest BCUT2D eigenvalue weighted by atomic mass is 10.00. The molecule has 0 bridgehead atoms. The van der Waals surface area contributed by atoms with E-state index < -0.39 is 0 Å². The summed E-state index contributed by atoms with van der Waals surface area (Å²) in [5.74, 6) is 0.835. The molecule has 0 spiro atoms. The summed E-state index contributed by atoms with van der Waals surface area (Å²) in [5.41, 5.74) is 8.41. The predicted molar refractivity (Wildman–Crippen MR) is 96.0 cm³/mol. The maximum Gasteiger partial charge on any atom is 0.188 e. The van der Waals surface area contributed by atoms with Crippen LogP contribution in [0.1, 0.15) is 30.9 Å². The fourth-order valence-electron chi connectivity index (χ4n) is 1.91. The highest BCUT2D eigenvalue weighted by atomic mass is 127. The Morgan fingerprint density at radius 3 is 2.70 bits per heavy atom. The number of hydrogen-bond donors (Lipinski definition) is 2. The van der Waals surface area contributed by atoms with Crippen molar-refractivity contribution in [3.05, 3.63) is 35.4 Å². The zero-order valence-corrected chi connectivity index (χ0v) is 15.0. The lowest BCUT2D eigenvalue weighted by Crippen LogP contribution is -2.40. The van der Waals surface area contributed by atoms with Crippen LogP contribution in [-0.4, -0.2) is 32.3 Å². The van der Waals surface area contributed by atoms with Gasteiger partial charge in [-0.25, -0.2) is 0 Å². The summed E-state index contributed by atoms with van der Waals surface area (Å²) in [4.78, 5) is 4.38. The van der Waals surface area contributed by atoms with Gasteiger partial charge in [-0.15, -0.1) is 24.0 Å². The summed E-state index contributed by atoms with van der Waals surface area (Å²) in [6.07, 6.45) is 0. The Kier molecular flexibility index (Phi) is 9.58. The topological polar surface area (TPSA) is 59.6 Å². The first kappa shape index (κ1) is 19.2. The van der Waals surface area contributed by atoms with Crippen molar-refractivity contribution in [1.82, 2.24) is 5.32 Å². The Bertz CT molecular complexity index is 423. The maximum absolute atomic E-state index is 5.84. The molecule has 4 nitrogen and oxygen atoms in total. The molecule has 0 aliphatic carbocycles. The number of nitrogens with two attached hydrogens (primary N) is 1. The van der Waals surface area contributed by atoms with E-state index in [2.05, 4.69) is 48.4 Å². The van der Waals surface area contributed by atoms with Gasteiger partial charge >= 0.3 is 0 Å². The summed E-state index contributed by atoms with van der Waals surface area (Å²) >= 11 is 0. The molecule has 114 valence electrons. The van der Waals surface area contributed by atoms with E-state index in [1.54, 1.807) is 7.11 Å². The number of hydrogen-bond acceptors (Lipinski definition) is 2. The average molecular weight is 391 g/mol. The van der Waals surface area contributed by atoms with Crippen molar-refractivity contribution in [3.63, 3.8) is 0 Å². The molecule has 1 rings (SSSR count). The number of methoxy groups -OCH3 is 1. The quantitative estimate of drug-likeness (QED) is 0.445. The normalized spacial score (nSPS) is 14.3. The molecule has 3 N–H and O–H groups in total. The van der Waals surface area contributed by atoms with Gasteiger partial charge in [0.2, 0.25) is 0 Å². The van der Waals surface area contributed by atoms with Crippen LogP contribution >= 0.6 is 24.0 Å². The van der Waals surface area contributed by atoms with Crippen LogP contribution in [0.5, 0.6) is 0 Å². The molecule has 0 radical (unpaired) electrons. The molecule has 0 amide bonds. The second kappa shape index (κ2) is 9.99. The van der Waals surface area contributed by atoms with Gasteiger partial charge in [-0.1, -0.05) is 36.8 Å². The second-order valence-corrected chi connectivity index (χ2v) is 5.04. The minimum atomic E-state index is 0. The zero-order chi connectivity index (χ0) is 14.3. The minimum Gasteiger partial charge on any atom is -0.383 e. The van der Waals surface area contributed by atoms with Crippen LogP contribution in [0.3, 0.4) is 0 Å². The summed E-state index contributed by atoms with van der Waals surface area (Å²) in [5, 5.41) is 3.10. The van der Waals surface area contributed by atoms with Crippen LogP contribution in [0.25, 0.3) is 0 Å². The van der Waals surface area contributed by atoms with Gasteiger partial charge in [-0.3, -0.25) is 4.99 Å². The van der Waals surface area contributed by atoms with E-state index in [9.17, 15) is 0 Å². The standard InChI is InChI=1S/C15H25N3O.HI/c1-11-6-5-7-14(8-11)12(2)9-17-15(16)18-13(3)10-19-4;/h5-8,12-13H,9-10H2,1-4H3,(H3,16,17,18);1H. The Labute approximate surface area is 139 Å². The van der Waals surface area contributed by atoms with Crippen LogP contribution < -0.4 is 11.1 Å². The first-order valence-electron chi connectivity index (χ1n) is 6.65. The van der Waals surface area contributed by atoms with Crippen LogP contribution in [0.4, 0.5) is 0 Å². The van der Waals surface area contributed by atoms with Crippen molar-refractivity contribution in [2.45, 2.75) is 32.7 Å². The highest BCUT2D eigenvalue weighted by Crippen LogP contribution is 2.16. The van der Waals surface area contributed by atoms with Gasteiger partial charge in [-0.05, 0) is 19.4 Å². The van der Waals surface area contributed by atoms with Crippen LogP contribution in [0, 0.1) is 6.92 Å². The van der Waals surface area contributed by atoms with Crippen LogP contribution in [0.15, 0.2) is 29.3 Å². The maximum atomic E-state index is 5.84. The summed E-state index contributed by atoms with van der Waals surface area (Å²) in [6, 6.07) is 8.67. The van der Waals surface area contributed by atoms with E-state index in [-0.39, 0.29) is 30.0 Å². The highest BCUT2D eigenvalue weighted by molar-refractivity contribution is 14.0. The zero-order valence-electron chi connectivity index (χ0n) is 12.7. The molecule has 0 heterocycles.